The molecule has 3 aromatic carbocycles. The molecule has 0 bridgehead atoms. The summed E-state index contributed by atoms with van der Waals surface area (Å²) in [5.74, 6) is -2.19. The first-order valence-corrected chi connectivity index (χ1v) is 18.3. The molecule has 2 N–H and O–H groups in total. The van der Waals surface area contributed by atoms with Gasteiger partial charge in [-0.15, -0.1) is 11.8 Å². The fourth-order valence-electron chi connectivity index (χ4n) is 8.06. The van der Waals surface area contributed by atoms with Crippen LogP contribution in [-0.4, -0.2) is 88.1 Å². The number of nitrogens with zero attached hydrogens (tertiary/aromatic N) is 3. The zero-order valence-electron chi connectivity index (χ0n) is 28.6. The maximum atomic E-state index is 14.0. The van der Waals surface area contributed by atoms with Crippen LogP contribution in [0.3, 0.4) is 0 Å². The van der Waals surface area contributed by atoms with Gasteiger partial charge in [-0.1, -0.05) is 45.0 Å². The lowest BCUT2D eigenvalue weighted by atomic mass is 9.70. The van der Waals surface area contributed by atoms with Crippen LogP contribution in [0.15, 0.2) is 59.5 Å². The van der Waals surface area contributed by atoms with Crippen LogP contribution in [0.2, 0.25) is 0 Å². The van der Waals surface area contributed by atoms with Gasteiger partial charge in [-0.05, 0) is 54.3 Å². The van der Waals surface area contributed by atoms with E-state index in [2.05, 4.69) is 48.1 Å². The van der Waals surface area contributed by atoms with Crippen molar-refractivity contribution in [2.24, 2.45) is 0 Å². The predicted octanol–water partition coefficient (Wildman–Crippen LogP) is 4.44. The summed E-state index contributed by atoms with van der Waals surface area (Å²) in [4.78, 5) is 87.4. The van der Waals surface area contributed by atoms with Crippen LogP contribution in [0.4, 0.5) is 5.69 Å². The number of aromatic nitrogens is 1. The van der Waals surface area contributed by atoms with E-state index in [1.165, 1.54) is 11.8 Å². The Morgan fingerprint density at radius 3 is 2.41 bits per heavy atom. The third-order valence-electron chi connectivity index (χ3n) is 10.8. The number of nitrogens with one attached hydrogen (secondary N) is 2. The number of amides is 5. The van der Waals surface area contributed by atoms with E-state index < -0.39 is 35.1 Å². The fourth-order valence-corrected chi connectivity index (χ4v) is 9.04. The van der Waals surface area contributed by atoms with E-state index in [1.54, 1.807) is 18.2 Å². The van der Waals surface area contributed by atoms with Gasteiger partial charge in [0.2, 0.25) is 17.7 Å². The molecule has 0 spiro atoms. The van der Waals surface area contributed by atoms with Gasteiger partial charge >= 0.3 is 0 Å². The third-order valence-corrected chi connectivity index (χ3v) is 11.9. The molecule has 2 fully saturated rings. The molecule has 5 amide bonds. The average molecular weight is 704 g/mol. The number of aromatic amines is 1. The van der Waals surface area contributed by atoms with Crippen LogP contribution < -0.4 is 10.2 Å². The number of piperidine rings is 1. The van der Waals surface area contributed by atoms with E-state index in [9.17, 15) is 28.8 Å². The van der Waals surface area contributed by atoms with Crippen LogP contribution in [0.25, 0.3) is 10.9 Å². The number of hydrogen-bond acceptors (Lipinski definition) is 8. The lowest BCUT2D eigenvalue weighted by molar-refractivity contribution is -0.136. The number of benzene rings is 3. The zero-order chi connectivity index (χ0) is 35.8. The Morgan fingerprint density at radius 1 is 0.902 bits per heavy atom. The lowest BCUT2D eigenvalue weighted by Crippen LogP contribution is -2.54. The van der Waals surface area contributed by atoms with Crippen LogP contribution in [0.5, 0.6) is 0 Å². The van der Waals surface area contributed by atoms with Crippen molar-refractivity contribution in [2.45, 2.75) is 56.4 Å². The molecule has 1 aliphatic carbocycles. The van der Waals surface area contributed by atoms with Crippen molar-refractivity contribution in [1.29, 1.82) is 0 Å². The standard InChI is InChI=1S/C39H37N5O6S/c1-4-21-18-24-25(39(2,3)35-33(34(24)47)22-8-5-6-10-26(22)40-35)19-28(21)42-14-16-43(17-15-42)31(46)20-51-29-11-7-9-23-32(29)38(50)44(37(23)49)27-12-13-30(45)41-36(27)48/h5-11,18-19,27,40H,4,12-17,20H2,1-3H3,(H,41,45,48). The first-order chi connectivity index (χ1) is 24.5. The number of rotatable bonds is 6. The highest BCUT2D eigenvalue weighted by Crippen LogP contribution is 2.46. The number of carbonyl (C=O) groups is 6. The number of carbonyl (C=O) groups excluding carboxylic acids is 6. The summed E-state index contributed by atoms with van der Waals surface area (Å²) in [5, 5.41) is 3.16. The molecule has 4 aliphatic rings. The third kappa shape index (κ3) is 5.18. The van der Waals surface area contributed by atoms with Gasteiger partial charge in [0.25, 0.3) is 11.8 Å². The quantitative estimate of drug-likeness (QED) is 0.222. The molecule has 0 radical (unpaired) electrons. The number of aryl methyl sites for hydroxylation is 1. The first kappa shape index (κ1) is 32.9. The molecule has 12 heteroatoms. The van der Waals surface area contributed by atoms with Crippen molar-refractivity contribution in [3.63, 3.8) is 0 Å². The molecular weight excluding hydrogens is 667 g/mol. The number of H-pyrrole nitrogens is 1. The Labute approximate surface area is 298 Å². The second-order valence-electron chi connectivity index (χ2n) is 14.0. The summed E-state index contributed by atoms with van der Waals surface area (Å²) >= 11 is 1.20. The number of thioether (sulfide) groups is 1. The van der Waals surface area contributed by atoms with Crippen LogP contribution in [0, 0.1) is 0 Å². The van der Waals surface area contributed by atoms with E-state index in [0.29, 0.717) is 31.1 Å². The van der Waals surface area contributed by atoms with E-state index in [-0.39, 0.29) is 41.4 Å². The van der Waals surface area contributed by atoms with Crippen molar-refractivity contribution in [1.82, 2.24) is 20.1 Å². The summed E-state index contributed by atoms with van der Waals surface area (Å²) < 4.78 is 0. The Morgan fingerprint density at radius 2 is 1.67 bits per heavy atom. The molecule has 4 heterocycles. The van der Waals surface area contributed by atoms with E-state index in [0.717, 1.165) is 55.9 Å². The molecular formula is C39H37N5O6S. The SMILES string of the molecule is CCc1cc2c(cc1N1CCN(C(=O)CSc3cccc4c3C(=O)N(C3CCC(=O)NC3=O)C4=O)CC1)C(C)(C)c1[nH]c3ccccc3c1C2=O. The summed E-state index contributed by atoms with van der Waals surface area (Å²) in [6.45, 7) is 8.71. The maximum absolute atomic E-state index is 14.0. The number of piperazine rings is 1. The number of imide groups is 2. The van der Waals surface area contributed by atoms with Gasteiger partial charge in [-0.25, -0.2) is 0 Å². The highest BCUT2D eigenvalue weighted by Gasteiger charge is 2.46. The fraction of sp³-hybridized carbons (Fsp3) is 0.333. The Kier molecular flexibility index (Phi) is 7.90. The molecule has 1 aromatic heterocycles. The van der Waals surface area contributed by atoms with Gasteiger partial charge in [0.1, 0.15) is 6.04 Å². The second kappa shape index (κ2) is 12.2. The summed E-state index contributed by atoms with van der Waals surface area (Å²) in [6, 6.07) is 16.1. The average Bonchev–Trinajstić information content (AvgIpc) is 3.65. The van der Waals surface area contributed by atoms with Gasteiger partial charge in [0.05, 0.1) is 22.4 Å². The van der Waals surface area contributed by atoms with Gasteiger partial charge in [-0.2, -0.15) is 0 Å². The number of para-hydroxylation sites is 1. The zero-order valence-corrected chi connectivity index (χ0v) is 29.4. The highest BCUT2D eigenvalue weighted by atomic mass is 32.2. The molecule has 8 rings (SSSR count). The van der Waals surface area contributed by atoms with Crippen molar-refractivity contribution in [3.8, 4) is 0 Å². The Bertz CT molecular complexity index is 2210. The molecule has 3 aliphatic heterocycles. The Balaban J connectivity index is 0.962. The van der Waals surface area contributed by atoms with E-state index >= 15 is 0 Å². The number of hydrogen-bond donors (Lipinski definition) is 2. The van der Waals surface area contributed by atoms with Crippen LogP contribution in [0.1, 0.15) is 87.1 Å². The van der Waals surface area contributed by atoms with E-state index in [4.69, 9.17) is 0 Å². The van der Waals surface area contributed by atoms with E-state index in [1.807, 2.05) is 29.2 Å². The van der Waals surface area contributed by atoms with Gasteiger partial charge in [0, 0.05) is 70.8 Å². The maximum Gasteiger partial charge on any atom is 0.263 e. The lowest BCUT2D eigenvalue weighted by Gasteiger charge is -2.39. The Hall–Kier alpha value is -5.23. The van der Waals surface area contributed by atoms with Gasteiger partial charge in [-0.3, -0.25) is 39.0 Å². The minimum atomic E-state index is -1.05. The molecule has 260 valence electrons. The predicted molar refractivity (Wildman–Crippen MR) is 192 cm³/mol. The second-order valence-corrected chi connectivity index (χ2v) is 15.1. The minimum Gasteiger partial charge on any atom is -0.368 e. The molecule has 1 unspecified atom stereocenters. The van der Waals surface area contributed by atoms with Crippen molar-refractivity contribution < 1.29 is 28.8 Å². The summed E-state index contributed by atoms with van der Waals surface area (Å²) in [5.41, 5.74) is 6.53. The number of anilines is 1. The summed E-state index contributed by atoms with van der Waals surface area (Å²) in [6.07, 6.45) is 0.883. The largest absolute Gasteiger partial charge is 0.368 e. The van der Waals surface area contributed by atoms with Crippen molar-refractivity contribution in [2.75, 3.05) is 36.8 Å². The first-order valence-electron chi connectivity index (χ1n) is 17.3. The summed E-state index contributed by atoms with van der Waals surface area (Å²) in [7, 11) is 0. The van der Waals surface area contributed by atoms with Crippen LogP contribution >= 0.6 is 11.8 Å². The molecule has 1 atom stereocenters. The smallest absolute Gasteiger partial charge is 0.263 e. The molecule has 2 saturated heterocycles. The van der Waals surface area contributed by atoms with Crippen molar-refractivity contribution >= 4 is 63.7 Å². The highest BCUT2D eigenvalue weighted by molar-refractivity contribution is 8.00. The van der Waals surface area contributed by atoms with Gasteiger partial charge < -0.3 is 14.8 Å². The number of fused-ring (bicyclic) bond motifs is 5. The van der Waals surface area contributed by atoms with Crippen molar-refractivity contribution in [3.05, 3.63) is 93.7 Å². The normalized spacial score (nSPS) is 19.7. The van der Waals surface area contributed by atoms with Gasteiger partial charge in [0.15, 0.2) is 5.78 Å². The molecule has 11 nitrogen and oxygen atoms in total. The molecule has 51 heavy (non-hydrogen) atoms. The van der Waals surface area contributed by atoms with Crippen LogP contribution in [-0.2, 0) is 26.2 Å². The minimum absolute atomic E-state index is 0.0446. The molecule has 0 saturated carbocycles. The number of ketones is 1. The topological polar surface area (TPSA) is 140 Å². The monoisotopic (exact) mass is 703 g/mol. The molecule has 4 aromatic rings.